The first-order valence-corrected chi connectivity index (χ1v) is 10.8. The molecule has 3 aromatic rings. The van der Waals surface area contributed by atoms with E-state index in [1.807, 2.05) is 38.6 Å². The molecule has 5 rings (SSSR count). The van der Waals surface area contributed by atoms with Crippen molar-refractivity contribution >= 4 is 16.9 Å². The molecule has 1 aliphatic heterocycles. The third-order valence-electron chi connectivity index (χ3n) is 6.59. The molecule has 4 heterocycles. The van der Waals surface area contributed by atoms with E-state index < -0.39 is 12.0 Å². The SMILES string of the molecule is C[C@@H](Oc1nc(-c2cnn(C(C)(C)C)c2)cc2ncn(C(F)F)c12)[C@H]1CNC(=O)C12CC2. The zero-order valence-electron chi connectivity index (χ0n) is 18.5. The summed E-state index contributed by atoms with van der Waals surface area (Å²) < 4.78 is 36.1. The van der Waals surface area contributed by atoms with Crippen LogP contribution in [0.25, 0.3) is 22.3 Å². The molecule has 8 nitrogen and oxygen atoms in total. The Balaban J connectivity index is 1.56. The molecule has 1 amide bonds. The van der Waals surface area contributed by atoms with Gasteiger partial charge in [0.1, 0.15) is 17.9 Å². The standard InChI is InChI=1S/C22H26F2N6O2/c1-12(14-9-25-19(31)22(14)5-6-22)32-18-17-16(26-11-29(17)20(23)24)7-15(28-18)13-8-27-30(10-13)21(2,3)4/h7-8,10-12,14,20H,5-6,9H2,1-4H3,(H,25,31)/t12-,14-/m1/s1. The van der Waals surface area contributed by atoms with Crippen LogP contribution in [0.15, 0.2) is 24.8 Å². The van der Waals surface area contributed by atoms with Crippen molar-refractivity contribution in [2.45, 2.75) is 58.7 Å². The van der Waals surface area contributed by atoms with Gasteiger partial charge in [-0.25, -0.2) is 9.97 Å². The first-order valence-electron chi connectivity index (χ1n) is 10.8. The van der Waals surface area contributed by atoms with Gasteiger partial charge in [-0.2, -0.15) is 13.9 Å². The van der Waals surface area contributed by atoms with Gasteiger partial charge in [-0.15, -0.1) is 0 Å². The van der Waals surface area contributed by atoms with Crippen molar-refractivity contribution < 1.29 is 18.3 Å². The van der Waals surface area contributed by atoms with Gasteiger partial charge in [-0.05, 0) is 46.6 Å². The van der Waals surface area contributed by atoms with E-state index in [-0.39, 0.29) is 34.9 Å². The van der Waals surface area contributed by atoms with Crippen LogP contribution in [0.2, 0.25) is 0 Å². The summed E-state index contributed by atoms with van der Waals surface area (Å²) in [5.74, 6) is 0.0977. The number of halogens is 2. The minimum atomic E-state index is -2.78. The minimum absolute atomic E-state index is 0.0398. The van der Waals surface area contributed by atoms with Crippen LogP contribution in [0.1, 0.15) is 47.1 Å². The molecule has 170 valence electrons. The average Bonchev–Trinajstić information content (AvgIpc) is 3.06. The predicted molar refractivity (Wildman–Crippen MR) is 113 cm³/mol. The lowest BCUT2D eigenvalue weighted by molar-refractivity contribution is -0.124. The van der Waals surface area contributed by atoms with E-state index in [4.69, 9.17) is 4.74 Å². The van der Waals surface area contributed by atoms with Crippen molar-refractivity contribution in [3.05, 3.63) is 24.8 Å². The molecule has 1 saturated heterocycles. The summed E-state index contributed by atoms with van der Waals surface area (Å²) in [6.07, 6.45) is 5.91. The van der Waals surface area contributed by atoms with Crippen LogP contribution in [-0.4, -0.2) is 42.9 Å². The molecule has 3 aromatic heterocycles. The molecule has 10 heteroatoms. The number of aromatic nitrogens is 5. The number of fused-ring (bicyclic) bond motifs is 1. The minimum Gasteiger partial charge on any atom is -0.473 e. The molecule has 0 aromatic carbocycles. The van der Waals surface area contributed by atoms with Crippen LogP contribution >= 0.6 is 0 Å². The first kappa shape index (κ1) is 20.8. The Morgan fingerprint density at radius 2 is 2.06 bits per heavy atom. The summed E-state index contributed by atoms with van der Waals surface area (Å²) in [4.78, 5) is 21.0. The summed E-state index contributed by atoms with van der Waals surface area (Å²) in [6.45, 7) is 5.70. The number of carbonyl (C=O) groups is 1. The molecular formula is C22H26F2N6O2. The van der Waals surface area contributed by atoms with Crippen molar-refractivity contribution in [1.82, 2.24) is 29.6 Å². The van der Waals surface area contributed by atoms with E-state index in [0.29, 0.717) is 17.8 Å². The zero-order chi connectivity index (χ0) is 22.8. The number of hydrogen-bond donors (Lipinski definition) is 1. The second kappa shape index (κ2) is 6.98. The van der Waals surface area contributed by atoms with Crippen LogP contribution in [-0.2, 0) is 10.3 Å². The van der Waals surface area contributed by atoms with E-state index in [1.165, 1.54) is 0 Å². The van der Waals surface area contributed by atoms with Crippen molar-refractivity contribution in [3.8, 4) is 17.1 Å². The van der Waals surface area contributed by atoms with Crippen LogP contribution in [0.3, 0.4) is 0 Å². The molecule has 2 aliphatic rings. The zero-order valence-corrected chi connectivity index (χ0v) is 18.5. The van der Waals surface area contributed by atoms with Crippen molar-refractivity contribution in [2.24, 2.45) is 11.3 Å². The van der Waals surface area contributed by atoms with Gasteiger partial charge >= 0.3 is 6.55 Å². The third kappa shape index (κ3) is 3.23. The van der Waals surface area contributed by atoms with Crippen molar-refractivity contribution in [3.63, 3.8) is 0 Å². The lowest BCUT2D eigenvalue weighted by Gasteiger charge is -2.24. The Labute approximate surface area is 184 Å². The first-order chi connectivity index (χ1) is 15.1. The number of hydrogen-bond acceptors (Lipinski definition) is 5. The number of pyridine rings is 1. The average molecular weight is 444 g/mol. The second-order valence-corrected chi connectivity index (χ2v) is 9.75. The Hall–Kier alpha value is -3.04. The molecule has 0 radical (unpaired) electrons. The number of alkyl halides is 2. The van der Waals surface area contributed by atoms with E-state index in [2.05, 4.69) is 20.4 Å². The molecule has 1 aliphatic carbocycles. The van der Waals surface area contributed by atoms with Gasteiger partial charge in [0, 0.05) is 24.2 Å². The molecule has 1 saturated carbocycles. The fourth-order valence-electron chi connectivity index (χ4n) is 4.57. The van der Waals surface area contributed by atoms with E-state index in [0.717, 1.165) is 29.3 Å². The number of nitrogens with zero attached hydrogens (tertiary/aromatic N) is 5. The van der Waals surface area contributed by atoms with E-state index >= 15 is 0 Å². The number of imidazole rings is 1. The predicted octanol–water partition coefficient (Wildman–Crippen LogP) is 3.74. The van der Waals surface area contributed by atoms with E-state index in [9.17, 15) is 13.6 Å². The van der Waals surface area contributed by atoms with Gasteiger partial charge in [0.25, 0.3) is 0 Å². The second-order valence-electron chi connectivity index (χ2n) is 9.75. The van der Waals surface area contributed by atoms with Crippen LogP contribution < -0.4 is 10.1 Å². The molecule has 0 bridgehead atoms. The monoisotopic (exact) mass is 444 g/mol. The highest BCUT2D eigenvalue weighted by molar-refractivity contribution is 5.88. The number of rotatable bonds is 5. The summed E-state index contributed by atoms with van der Waals surface area (Å²) in [5, 5.41) is 7.33. The topological polar surface area (TPSA) is 86.9 Å². The van der Waals surface area contributed by atoms with Gasteiger partial charge < -0.3 is 10.1 Å². The Morgan fingerprint density at radius 1 is 1.31 bits per heavy atom. The highest BCUT2D eigenvalue weighted by Gasteiger charge is 2.61. The number of carbonyl (C=O) groups excluding carboxylic acids is 1. The molecule has 32 heavy (non-hydrogen) atoms. The van der Waals surface area contributed by atoms with Crippen LogP contribution in [0.4, 0.5) is 8.78 Å². The van der Waals surface area contributed by atoms with E-state index in [1.54, 1.807) is 12.3 Å². The third-order valence-corrected chi connectivity index (χ3v) is 6.59. The Bertz CT molecular complexity index is 1190. The maximum atomic E-state index is 13.7. The smallest absolute Gasteiger partial charge is 0.320 e. The maximum Gasteiger partial charge on any atom is 0.320 e. The van der Waals surface area contributed by atoms with Crippen molar-refractivity contribution in [2.75, 3.05) is 6.54 Å². The molecule has 1 N–H and O–H groups in total. The summed E-state index contributed by atoms with van der Waals surface area (Å²) in [7, 11) is 0. The van der Waals surface area contributed by atoms with Gasteiger partial charge in [-0.3, -0.25) is 14.0 Å². The van der Waals surface area contributed by atoms with Crippen molar-refractivity contribution in [1.29, 1.82) is 0 Å². The van der Waals surface area contributed by atoms with Gasteiger partial charge in [-0.1, -0.05) is 0 Å². The van der Waals surface area contributed by atoms with Gasteiger partial charge in [0.15, 0.2) is 0 Å². The van der Waals surface area contributed by atoms with Gasteiger partial charge in [0.05, 0.1) is 28.4 Å². The fraction of sp³-hybridized carbons (Fsp3) is 0.545. The normalized spacial score (nSPS) is 20.8. The molecule has 2 fully saturated rings. The van der Waals surface area contributed by atoms with Crippen LogP contribution in [0, 0.1) is 11.3 Å². The number of nitrogens with one attached hydrogen (secondary N) is 1. The Morgan fingerprint density at radius 3 is 2.69 bits per heavy atom. The largest absolute Gasteiger partial charge is 0.473 e. The van der Waals surface area contributed by atoms with Gasteiger partial charge in [0.2, 0.25) is 11.8 Å². The molecule has 1 spiro atoms. The lowest BCUT2D eigenvalue weighted by atomic mass is 9.88. The summed E-state index contributed by atoms with van der Waals surface area (Å²) in [5.41, 5.74) is 1.17. The Kier molecular flexibility index (Phi) is 4.55. The fourth-order valence-corrected chi connectivity index (χ4v) is 4.57. The number of amides is 1. The summed E-state index contributed by atoms with van der Waals surface area (Å²) in [6, 6.07) is 1.67. The highest BCUT2D eigenvalue weighted by Crippen LogP contribution is 2.56. The molecule has 2 atom stereocenters. The van der Waals surface area contributed by atoms with Crippen LogP contribution in [0.5, 0.6) is 5.88 Å². The number of ether oxygens (including phenoxy) is 1. The molecular weight excluding hydrogens is 418 g/mol. The molecule has 0 unspecified atom stereocenters. The highest BCUT2D eigenvalue weighted by atomic mass is 19.3. The quantitative estimate of drug-likeness (QED) is 0.648. The lowest BCUT2D eigenvalue weighted by Crippen LogP contribution is -2.32. The summed E-state index contributed by atoms with van der Waals surface area (Å²) >= 11 is 0. The maximum absolute atomic E-state index is 13.7.